The van der Waals surface area contributed by atoms with Crippen molar-refractivity contribution in [2.24, 2.45) is 0 Å². The Morgan fingerprint density at radius 3 is 2.35 bits per heavy atom. The van der Waals surface area contributed by atoms with Gasteiger partial charge in [-0.3, -0.25) is 19.8 Å². The van der Waals surface area contributed by atoms with Crippen LogP contribution in [0.25, 0.3) is 0 Å². The Hall–Kier alpha value is -4.73. The Balaban J connectivity index is 1.54. The van der Waals surface area contributed by atoms with Crippen molar-refractivity contribution in [2.75, 3.05) is 0 Å². The van der Waals surface area contributed by atoms with Crippen molar-refractivity contribution < 1.29 is 29.2 Å². The van der Waals surface area contributed by atoms with E-state index in [2.05, 4.69) is 5.32 Å². The number of carboxylic acid groups (broad SMARTS) is 1. The number of ether oxygens (including phenoxy) is 1. The van der Waals surface area contributed by atoms with Crippen LogP contribution in [0.15, 0.2) is 78.9 Å². The topological polar surface area (TPSA) is 139 Å². The van der Waals surface area contributed by atoms with E-state index in [0.717, 1.165) is 16.7 Å². The molecule has 37 heavy (non-hydrogen) atoms. The zero-order valence-corrected chi connectivity index (χ0v) is 19.8. The zero-order chi connectivity index (χ0) is 26.4. The first kappa shape index (κ1) is 25.4. The number of hydrogen-bond donors (Lipinski definition) is 2. The third-order valence-corrected chi connectivity index (χ3v) is 6.22. The first-order valence-corrected chi connectivity index (χ1v) is 11.6. The molecule has 0 saturated carbocycles. The van der Waals surface area contributed by atoms with Gasteiger partial charge in [-0.1, -0.05) is 72.8 Å². The lowest BCUT2D eigenvalue weighted by Crippen LogP contribution is -2.56. The van der Waals surface area contributed by atoms with Crippen molar-refractivity contribution >= 4 is 23.7 Å². The number of carboxylic acids is 1. The van der Waals surface area contributed by atoms with E-state index < -0.39 is 35.0 Å². The van der Waals surface area contributed by atoms with Crippen molar-refractivity contribution in [3.63, 3.8) is 0 Å². The number of nitro groups is 1. The molecule has 1 aliphatic rings. The van der Waals surface area contributed by atoms with Crippen molar-refractivity contribution in [1.82, 2.24) is 10.2 Å². The summed E-state index contributed by atoms with van der Waals surface area (Å²) < 4.78 is 5.47. The summed E-state index contributed by atoms with van der Waals surface area (Å²) in [6, 6.07) is 19.8. The molecule has 2 atom stereocenters. The second-order valence-corrected chi connectivity index (χ2v) is 8.65. The molecule has 0 spiro atoms. The Kier molecular flexibility index (Phi) is 7.77. The molecule has 0 fully saturated rings. The molecule has 2 N–H and O–H groups in total. The number of rotatable bonds is 8. The summed E-state index contributed by atoms with van der Waals surface area (Å²) in [4.78, 5) is 50.4. The predicted octanol–water partition coefficient (Wildman–Crippen LogP) is 3.47. The zero-order valence-electron chi connectivity index (χ0n) is 19.8. The highest BCUT2D eigenvalue weighted by Gasteiger charge is 2.37. The minimum absolute atomic E-state index is 0.0155. The van der Waals surface area contributed by atoms with Crippen LogP contribution in [0, 0.1) is 10.1 Å². The highest BCUT2D eigenvalue weighted by molar-refractivity contribution is 5.90. The van der Waals surface area contributed by atoms with Gasteiger partial charge >= 0.3 is 12.1 Å². The third-order valence-electron chi connectivity index (χ3n) is 6.22. The molecule has 10 nitrogen and oxygen atoms in total. The fourth-order valence-electron chi connectivity index (χ4n) is 4.30. The molecule has 2 amide bonds. The van der Waals surface area contributed by atoms with Crippen LogP contribution in [0.1, 0.15) is 22.3 Å². The standard InChI is InChI=1S/C27H25N3O7/c31-25(28-22(26(32)33)14-20-11-6-7-13-23(20)30(35)36)24-15-19-10-4-5-12-21(19)16-29(24)27(34)37-17-18-8-2-1-3-9-18/h1-13,22,24H,14-17H2,(H,28,31)(H,32,33)/t22-,24+/m1/s1. The lowest BCUT2D eigenvalue weighted by molar-refractivity contribution is -0.385. The first-order chi connectivity index (χ1) is 17.8. The van der Waals surface area contributed by atoms with Gasteiger partial charge in [-0.05, 0) is 16.7 Å². The van der Waals surface area contributed by atoms with Crippen LogP contribution in [0.2, 0.25) is 0 Å². The molecule has 3 aromatic carbocycles. The van der Waals surface area contributed by atoms with E-state index in [1.54, 1.807) is 6.07 Å². The van der Waals surface area contributed by atoms with Gasteiger partial charge in [0.05, 0.1) is 11.5 Å². The van der Waals surface area contributed by atoms with E-state index in [4.69, 9.17) is 4.74 Å². The number of benzene rings is 3. The number of fused-ring (bicyclic) bond motifs is 1. The minimum Gasteiger partial charge on any atom is -0.480 e. The van der Waals surface area contributed by atoms with Crippen LogP contribution in [-0.4, -0.2) is 45.0 Å². The molecule has 0 radical (unpaired) electrons. The molecule has 1 heterocycles. The average molecular weight is 504 g/mol. The average Bonchev–Trinajstić information content (AvgIpc) is 2.91. The van der Waals surface area contributed by atoms with E-state index in [1.165, 1.54) is 23.1 Å². The van der Waals surface area contributed by atoms with Gasteiger partial charge in [0.25, 0.3) is 5.69 Å². The number of para-hydroxylation sites is 1. The van der Waals surface area contributed by atoms with Crippen LogP contribution in [-0.2, 0) is 40.3 Å². The Morgan fingerprint density at radius 2 is 1.65 bits per heavy atom. The molecule has 0 bridgehead atoms. The molecule has 4 rings (SSSR count). The molecule has 190 valence electrons. The molecule has 0 aliphatic carbocycles. The smallest absolute Gasteiger partial charge is 0.411 e. The van der Waals surface area contributed by atoms with Crippen LogP contribution in [0.4, 0.5) is 10.5 Å². The van der Waals surface area contributed by atoms with Crippen molar-refractivity contribution in [3.8, 4) is 0 Å². The Bertz CT molecular complexity index is 1310. The Labute approximate surface area is 212 Å². The summed E-state index contributed by atoms with van der Waals surface area (Å²) in [7, 11) is 0. The highest BCUT2D eigenvalue weighted by atomic mass is 16.6. The molecule has 1 aliphatic heterocycles. The predicted molar refractivity (Wildman–Crippen MR) is 132 cm³/mol. The van der Waals surface area contributed by atoms with Gasteiger partial charge in [-0.25, -0.2) is 9.59 Å². The van der Waals surface area contributed by atoms with E-state index in [-0.39, 0.29) is 37.2 Å². The van der Waals surface area contributed by atoms with Crippen molar-refractivity contribution in [3.05, 3.63) is 111 Å². The number of hydrogen-bond acceptors (Lipinski definition) is 6. The fourth-order valence-corrected chi connectivity index (χ4v) is 4.30. The monoisotopic (exact) mass is 503 g/mol. The van der Waals surface area contributed by atoms with Gasteiger partial charge in [0.2, 0.25) is 5.91 Å². The lowest BCUT2D eigenvalue weighted by atomic mass is 9.93. The van der Waals surface area contributed by atoms with Crippen LogP contribution in [0.3, 0.4) is 0 Å². The maximum atomic E-state index is 13.4. The SMILES string of the molecule is O=C(O)[C@@H](Cc1ccccc1[N+](=O)[O-])NC(=O)[C@@H]1Cc2ccccc2CN1C(=O)OCc1ccccc1. The quantitative estimate of drug-likeness (QED) is 0.354. The summed E-state index contributed by atoms with van der Waals surface area (Å²) in [6.45, 7) is 0.130. The molecule has 0 unspecified atom stereocenters. The highest BCUT2D eigenvalue weighted by Crippen LogP contribution is 2.25. The van der Waals surface area contributed by atoms with Gasteiger partial charge in [0.15, 0.2) is 0 Å². The molecular formula is C27H25N3O7. The number of nitrogens with one attached hydrogen (secondary N) is 1. The number of amides is 2. The lowest BCUT2D eigenvalue weighted by Gasteiger charge is -2.35. The maximum Gasteiger partial charge on any atom is 0.411 e. The van der Waals surface area contributed by atoms with Crippen LogP contribution < -0.4 is 5.32 Å². The number of nitrogens with zero attached hydrogens (tertiary/aromatic N) is 2. The Morgan fingerprint density at radius 1 is 1.00 bits per heavy atom. The number of nitro benzene ring substituents is 1. The van der Waals surface area contributed by atoms with E-state index in [9.17, 15) is 29.6 Å². The van der Waals surface area contributed by atoms with Gasteiger partial charge in [-0.2, -0.15) is 0 Å². The second-order valence-electron chi connectivity index (χ2n) is 8.65. The van der Waals surface area contributed by atoms with Crippen molar-refractivity contribution in [1.29, 1.82) is 0 Å². The molecule has 0 saturated heterocycles. The summed E-state index contributed by atoms with van der Waals surface area (Å²) in [5, 5.41) is 23.6. The number of carbonyl (C=O) groups is 3. The van der Waals surface area contributed by atoms with Crippen LogP contribution >= 0.6 is 0 Å². The van der Waals surface area contributed by atoms with Gasteiger partial charge in [0, 0.05) is 24.5 Å². The summed E-state index contributed by atoms with van der Waals surface area (Å²) in [6.07, 6.45) is -0.829. The normalized spacial score (nSPS) is 15.2. The third kappa shape index (κ3) is 6.10. The molecule has 10 heteroatoms. The minimum atomic E-state index is -1.44. The number of carbonyl (C=O) groups excluding carboxylic acids is 2. The van der Waals surface area contributed by atoms with E-state index in [1.807, 2.05) is 54.6 Å². The molecule has 0 aromatic heterocycles. The number of aliphatic carboxylic acids is 1. The molecule has 3 aromatic rings. The van der Waals surface area contributed by atoms with E-state index in [0.29, 0.717) is 0 Å². The summed E-state index contributed by atoms with van der Waals surface area (Å²) in [5.41, 5.74) is 2.44. The largest absolute Gasteiger partial charge is 0.480 e. The maximum absolute atomic E-state index is 13.4. The van der Waals surface area contributed by atoms with Gasteiger partial charge < -0.3 is 15.2 Å². The second kappa shape index (κ2) is 11.3. The van der Waals surface area contributed by atoms with Gasteiger partial charge in [0.1, 0.15) is 18.7 Å². The van der Waals surface area contributed by atoms with Crippen molar-refractivity contribution in [2.45, 2.75) is 38.1 Å². The van der Waals surface area contributed by atoms with E-state index >= 15 is 0 Å². The summed E-state index contributed by atoms with van der Waals surface area (Å²) >= 11 is 0. The first-order valence-electron chi connectivity index (χ1n) is 11.6. The summed E-state index contributed by atoms with van der Waals surface area (Å²) in [5.74, 6) is -2.03. The fraction of sp³-hybridized carbons (Fsp3) is 0.222. The van der Waals surface area contributed by atoms with Gasteiger partial charge in [-0.15, -0.1) is 0 Å². The molecular weight excluding hydrogens is 478 g/mol. The van der Waals surface area contributed by atoms with Crippen LogP contribution in [0.5, 0.6) is 0 Å².